The molecule has 9 nitrogen and oxygen atoms in total. The number of β-amino-alcohol motifs (C(OH)–C–C–N with tert-alkyl or cyclic N) is 1. The third-order valence-electron chi connectivity index (χ3n) is 4.73. The van der Waals surface area contributed by atoms with Gasteiger partial charge in [0.05, 0.1) is 26.3 Å². The van der Waals surface area contributed by atoms with E-state index in [2.05, 4.69) is 20.5 Å². The molecule has 9 heteroatoms. The molecule has 4 N–H and O–H groups in total. The number of H-pyrrole nitrogens is 2. The number of nitrogens with one attached hydrogen (secondary N) is 3. The Balaban J connectivity index is 1.46. The highest BCUT2D eigenvalue weighted by molar-refractivity contribution is 5.98. The predicted molar refractivity (Wildman–Crippen MR) is 101 cm³/mol. The SMILES string of the molecule is O=C(NCC1(O)COCCN(C(=O)c2cc3ccccc3[nH]2)C1)c1ccn[nH]1. The molecule has 1 atom stereocenters. The maximum atomic E-state index is 13.0. The number of benzene rings is 1. The van der Waals surface area contributed by atoms with Crippen LogP contribution in [0.1, 0.15) is 21.0 Å². The number of carbonyl (C=O) groups excluding carboxylic acids is 2. The van der Waals surface area contributed by atoms with Crippen LogP contribution in [-0.4, -0.2) is 75.5 Å². The summed E-state index contributed by atoms with van der Waals surface area (Å²) in [7, 11) is 0. The Bertz CT molecular complexity index is 950. The van der Waals surface area contributed by atoms with Crippen molar-refractivity contribution in [3.63, 3.8) is 0 Å². The molecule has 1 aromatic carbocycles. The molecule has 0 spiro atoms. The van der Waals surface area contributed by atoms with E-state index in [0.29, 0.717) is 24.5 Å². The number of rotatable bonds is 4. The van der Waals surface area contributed by atoms with Gasteiger partial charge in [0.15, 0.2) is 0 Å². The molecule has 1 unspecified atom stereocenters. The van der Waals surface area contributed by atoms with Gasteiger partial charge in [-0.25, -0.2) is 0 Å². The van der Waals surface area contributed by atoms with Crippen LogP contribution >= 0.6 is 0 Å². The van der Waals surface area contributed by atoms with Crippen LogP contribution in [0.25, 0.3) is 10.9 Å². The average molecular weight is 383 g/mol. The fraction of sp³-hybridized carbons (Fsp3) is 0.316. The van der Waals surface area contributed by atoms with E-state index in [1.165, 1.54) is 12.3 Å². The van der Waals surface area contributed by atoms with Crippen molar-refractivity contribution in [1.82, 2.24) is 25.4 Å². The monoisotopic (exact) mass is 383 g/mol. The lowest BCUT2D eigenvalue weighted by Gasteiger charge is -2.30. The van der Waals surface area contributed by atoms with Crippen molar-refractivity contribution in [1.29, 1.82) is 0 Å². The smallest absolute Gasteiger partial charge is 0.270 e. The second-order valence-electron chi connectivity index (χ2n) is 6.93. The first-order valence-corrected chi connectivity index (χ1v) is 8.99. The van der Waals surface area contributed by atoms with Gasteiger partial charge in [0.25, 0.3) is 11.8 Å². The van der Waals surface area contributed by atoms with Crippen LogP contribution in [0.4, 0.5) is 0 Å². The zero-order valence-corrected chi connectivity index (χ0v) is 15.1. The first kappa shape index (κ1) is 18.2. The summed E-state index contributed by atoms with van der Waals surface area (Å²) in [6.45, 7) is 0.673. The minimum absolute atomic E-state index is 0.0206. The summed E-state index contributed by atoms with van der Waals surface area (Å²) < 4.78 is 5.48. The fourth-order valence-electron chi connectivity index (χ4n) is 3.28. The quantitative estimate of drug-likeness (QED) is 0.523. The molecular formula is C19H21N5O4. The summed E-state index contributed by atoms with van der Waals surface area (Å²) in [5.41, 5.74) is 0.225. The Labute approximate surface area is 160 Å². The van der Waals surface area contributed by atoms with Gasteiger partial charge < -0.3 is 25.0 Å². The number of ether oxygens (including phenoxy) is 1. The van der Waals surface area contributed by atoms with E-state index < -0.39 is 5.60 Å². The van der Waals surface area contributed by atoms with E-state index in [0.717, 1.165) is 10.9 Å². The fourth-order valence-corrected chi connectivity index (χ4v) is 3.28. The maximum Gasteiger partial charge on any atom is 0.270 e. The highest BCUT2D eigenvalue weighted by Crippen LogP contribution is 2.19. The Kier molecular flexibility index (Phi) is 4.84. The normalized spacial score (nSPS) is 20.1. The summed E-state index contributed by atoms with van der Waals surface area (Å²) in [4.78, 5) is 29.7. The molecule has 3 aromatic rings. The number of carbonyl (C=O) groups is 2. The first-order valence-electron chi connectivity index (χ1n) is 8.99. The van der Waals surface area contributed by atoms with Crippen molar-refractivity contribution < 1.29 is 19.4 Å². The van der Waals surface area contributed by atoms with Gasteiger partial charge in [-0.2, -0.15) is 5.10 Å². The number of para-hydroxylation sites is 1. The highest BCUT2D eigenvalue weighted by atomic mass is 16.5. The molecular weight excluding hydrogens is 362 g/mol. The molecule has 1 aliphatic heterocycles. The van der Waals surface area contributed by atoms with Crippen molar-refractivity contribution in [2.45, 2.75) is 5.60 Å². The van der Waals surface area contributed by atoms with Crippen LogP contribution in [0.5, 0.6) is 0 Å². The Morgan fingerprint density at radius 3 is 2.93 bits per heavy atom. The third kappa shape index (κ3) is 3.75. The van der Waals surface area contributed by atoms with Crippen LogP contribution in [0.15, 0.2) is 42.6 Å². The molecule has 0 radical (unpaired) electrons. The van der Waals surface area contributed by atoms with Crippen molar-refractivity contribution in [3.8, 4) is 0 Å². The lowest BCUT2D eigenvalue weighted by molar-refractivity contribution is -0.0324. The van der Waals surface area contributed by atoms with Crippen LogP contribution in [0.3, 0.4) is 0 Å². The average Bonchev–Trinajstić information content (AvgIpc) is 3.34. The van der Waals surface area contributed by atoms with E-state index in [1.807, 2.05) is 24.3 Å². The van der Waals surface area contributed by atoms with Gasteiger partial charge in [-0.05, 0) is 18.2 Å². The zero-order chi connectivity index (χ0) is 19.6. The molecule has 2 amide bonds. The molecule has 1 saturated heterocycles. The molecule has 0 aliphatic carbocycles. The largest absolute Gasteiger partial charge is 0.384 e. The number of aliphatic hydroxyl groups is 1. The summed E-state index contributed by atoms with van der Waals surface area (Å²) in [6.07, 6.45) is 1.47. The van der Waals surface area contributed by atoms with E-state index in [9.17, 15) is 14.7 Å². The Hall–Kier alpha value is -3.17. The summed E-state index contributed by atoms with van der Waals surface area (Å²) in [6, 6.07) is 11.0. The molecule has 1 fully saturated rings. The van der Waals surface area contributed by atoms with E-state index in [-0.39, 0.29) is 31.5 Å². The molecule has 0 saturated carbocycles. The van der Waals surface area contributed by atoms with Crippen molar-refractivity contribution in [2.75, 3.05) is 32.8 Å². The van der Waals surface area contributed by atoms with Crippen molar-refractivity contribution in [3.05, 3.63) is 54.0 Å². The van der Waals surface area contributed by atoms with Gasteiger partial charge >= 0.3 is 0 Å². The summed E-state index contributed by atoms with van der Waals surface area (Å²) >= 11 is 0. The number of fused-ring (bicyclic) bond motifs is 1. The van der Waals surface area contributed by atoms with Crippen molar-refractivity contribution in [2.24, 2.45) is 0 Å². The first-order chi connectivity index (χ1) is 13.5. The van der Waals surface area contributed by atoms with Crippen LogP contribution < -0.4 is 5.32 Å². The zero-order valence-electron chi connectivity index (χ0n) is 15.1. The molecule has 3 heterocycles. The number of amides is 2. The lowest BCUT2D eigenvalue weighted by Crippen LogP contribution is -2.53. The molecule has 1 aliphatic rings. The number of aromatic nitrogens is 3. The van der Waals surface area contributed by atoms with Gasteiger partial charge in [0.2, 0.25) is 0 Å². The van der Waals surface area contributed by atoms with E-state index in [4.69, 9.17) is 4.74 Å². The van der Waals surface area contributed by atoms with Crippen LogP contribution in [-0.2, 0) is 4.74 Å². The number of hydrogen-bond acceptors (Lipinski definition) is 5. The van der Waals surface area contributed by atoms with Gasteiger partial charge in [-0.15, -0.1) is 0 Å². The Morgan fingerprint density at radius 1 is 1.29 bits per heavy atom. The minimum atomic E-state index is -1.39. The van der Waals surface area contributed by atoms with Gasteiger partial charge in [-0.1, -0.05) is 18.2 Å². The maximum absolute atomic E-state index is 13.0. The van der Waals surface area contributed by atoms with Crippen molar-refractivity contribution >= 4 is 22.7 Å². The standard InChI is InChI=1S/C19H21N5O4/c25-17(15-5-6-21-23-15)20-10-19(27)11-24(7-8-28-12-19)18(26)16-9-13-3-1-2-4-14(13)22-16/h1-6,9,22,27H,7-8,10-12H2,(H,20,25)(H,21,23). The third-order valence-corrected chi connectivity index (χ3v) is 4.73. The molecule has 0 bridgehead atoms. The Morgan fingerprint density at radius 2 is 2.14 bits per heavy atom. The molecule has 146 valence electrons. The summed E-state index contributed by atoms with van der Waals surface area (Å²) in [5, 5.41) is 20.8. The lowest BCUT2D eigenvalue weighted by atomic mass is 10.0. The minimum Gasteiger partial charge on any atom is -0.384 e. The molecule has 28 heavy (non-hydrogen) atoms. The second-order valence-corrected chi connectivity index (χ2v) is 6.93. The summed E-state index contributed by atoms with van der Waals surface area (Å²) in [5.74, 6) is -0.608. The van der Waals surface area contributed by atoms with E-state index >= 15 is 0 Å². The topological polar surface area (TPSA) is 123 Å². The number of hydrogen-bond donors (Lipinski definition) is 4. The molecule has 4 rings (SSSR count). The molecule has 2 aromatic heterocycles. The predicted octanol–water partition coefficient (Wildman–Crippen LogP) is 0.524. The highest BCUT2D eigenvalue weighted by Gasteiger charge is 2.35. The number of aromatic amines is 2. The van der Waals surface area contributed by atoms with Gasteiger partial charge in [-0.3, -0.25) is 14.7 Å². The van der Waals surface area contributed by atoms with Gasteiger partial charge in [0, 0.05) is 23.6 Å². The van der Waals surface area contributed by atoms with Crippen LogP contribution in [0.2, 0.25) is 0 Å². The van der Waals surface area contributed by atoms with Gasteiger partial charge in [0.1, 0.15) is 17.0 Å². The van der Waals surface area contributed by atoms with E-state index in [1.54, 1.807) is 11.0 Å². The number of nitrogens with zero attached hydrogens (tertiary/aromatic N) is 2. The van der Waals surface area contributed by atoms with Crippen LogP contribution in [0, 0.1) is 0 Å². The second kappa shape index (κ2) is 7.45.